The van der Waals surface area contributed by atoms with E-state index in [2.05, 4.69) is 104 Å². The third-order valence-corrected chi connectivity index (χ3v) is 21.6. The lowest BCUT2D eigenvalue weighted by Gasteiger charge is -2.49. The Hall–Kier alpha value is -1.26. The smallest absolute Gasteiger partial charge is 0.171 e. The van der Waals surface area contributed by atoms with Gasteiger partial charge in [-0.15, -0.1) is 0 Å². The molecule has 18 heteroatoms. The largest absolute Gasteiger partial charge is 0.403 e. The highest BCUT2D eigenvalue weighted by Crippen LogP contribution is 2.61. The van der Waals surface area contributed by atoms with E-state index in [4.69, 9.17) is 0 Å². The molecule has 3 unspecified atom stereocenters. The fourth-order valence-electron chi connectivity index (χ4n) is 11.0. The summed E-state index contributed by atoms with van der Waals surface area (Å²) in [5, 5.41) is 0. The van der Waals surface area contributed by atoms with E-state index in [0.717, 1.165) is 51.4 Å². The zero-order valence-electron chi connectivity index (χ0n) is 56.2. The molecule has 0 aromatic rings. The highest BCUT2D eigenvalue weighted by atomic mass is 19.4. The average molecular weight is 1240 g/mol. The molecule has 0 bridgehead atoms. The highest BCUT2D eigenvalue weighted by molar-refractivity contribution is 4.99. The van der Waals surface area contributed by atoms with Gasteiger partial charge in [0.2, 0.25) is 0 Å². The zero-order chi connectivity index (χ0) is 67.4. The van der Waals surface area contributed by atoms with Crippen LogP contribution in [0.2, 0.25) is 0 Å². The quantitative estimate of drug-likeness (QED) is 0.242. The van der Waals surface area contributed by atoms with Gasteiger partial charge in [-0.25, -0.2) is 0 Å². The minimum Gasteiger partial charge on any atom is -0.171 e. The zero-order valence-corrected chi connectivity index (χ0v) is 56.2. The lowest BCUT2D eigenvalue weighted by atomic mass is 9.56. The number of halogens is 18. The van der Waals surface area contributed by atoms with Crippen LogP contribution in [0.25, 0.3) is 0 Å². The van der Waals surface area contributed by atoms with Gasteiger partial charge < -0.3 is 0 Å². The second kappa shape index (κ2) is 31.5. The van der Waals surface area contributed by atoms with Crippen LogP contribution in [0.5, 0.6) is 0 Å². The van der Waals surface area contributed by atoms with Crippen LogP contribution in [-0.2, 0) is 0 Å². The van der Waals surface area contributed by atoms with Crippen molar-refractivity contribution in [1.29, 1.82) is 0 Å². The molecule has 0 nitrogen and oxygen atoms in total. The Morgan fingerprint density at radius 1 is 0.373 bits per heavy atom. The van der Waals surface area contributed by atoms with E-state index >= 15 is 0 Å². The Labute approximate surface area is 493 Å². The summed E-state index contributed by atoms with van der Waals surface area (Å²) in [4.78, 5) is 0. The molecule has 4 saturated carbocycles. The molecule has 7 atom stereocenters. The molecule has 0 aromatic carbocycles. The molecule has 0 amide bonds. The summed E-state index contributed by atoms with van der Waals surface area (Å²) in [7, 11) is 0. The second-order valence-corrected chi connectivity index (χ2v) is 31.6. The monoisotopic (exact) mass is 1240 g/mol. The van der Waals surface area contributed by atoms with E-state index in [1.807, 2.05) is 41.5 Å². The Balaban J connectivity index is -0.000000903. The van der Waals surface area contributed by atoms with E-state index in [0.29, 0.717) is 71.5 Å². The summed E-state index contributed by atoms with van der Waals surface area (Å²) in [5.41, 5.74) is -3.44. The van der Waals surface area contributed by atoms with Crippen molar-refractivity contribution >= 4 is 0 Å². The topological polar surface area (TPSA) is 0 Å². The summed E-state index contributed by atoms with van der Waals surface area (Å²) < 4.78 is 223. The molecule has 4 fully saturated rings. The van der Waals surface area contributed by atoms with Crippen LogP contribution in [0.1, 0.15) is 276 Å². The minimum absolute atomic E-state index is 0.0106. The van der Waals surface area contributed by atoms with Gasteiger partial charge in [0.05, 0.1) is 23.2 Å². The van der Waals surface area contributed by atoms with Crippen LogP contribution < -0.4 is 0 Å². The van der Waals surface area contributed by atoms with Gasteiger partial charge in [0, 0.05) is 0 Å². The Bertz CT molecular complexity index is 1720. The van der Waals surface area contributed by atoms with E-state index in [9.17, 15) is 79.0 Å². The van der Waals surface area contributed by atoms with Crippen molar-refractivity contribution in [3.05, 3.63) is 0 Å². The van der Waals surface area contributed by atoms with E-state index in [1.54, 1.807) is 13.8 Å². The van der Waals surface area contributed by atoms with Crippen LogP contribution >= 0.6 is 0 Å². The first-order chi connectivity index (χ1) is 36.2. The van der Waals surface area contributed by atoms with Gasteiger partial charge in [0.25, 0.3) is 0 Å². The molecule has 504 valence electrons. The first-order valence-electron chi connectivity index (χ1n) is 30.6. The lowest BCUT2D eigenvalue weighted by molar-refractivity contribution is -0.364. The number of hydrogen-bond acceptors (Lipinski definition) is 0. The Morgan fingerprint density at radius 2 is 0.771 bits per heavy atom. The molecular formula is C65H118F18. The van der Waals surface area contributed by atoms with Crippen molar-refractivity contribution < 1.29 is 79.0 Å². The summed E-state index contributed by atoms with van der Waals surface area (Å²) >= 11 is 0. The molecule has 0 aliphatic heterocycles. The highest BCUT2D eigenvalue weighted by Gasteiger charge is 2.72. The van der Waals surface area contributed by atoms with Gasteiger partial charge in [-0.3, -0.25) is 0 Å². The molecule has 0 spiro atoms. The number of rotatable bonds is 2. The van der Waals surface area contributed by atoms with Crippen molar-refractivity contribution in [1.82, 2.24) is 0 Å². The van der Waals surface area contributed by atoms with Crippen molar-refractivity contribution in [2.75, 3.05) is 0 Å². The van der Waals surface area contributed by atoms with Crippen molar-refractivity contribution in [2.24, 2.45) is 102 Å². The molecule has 4 aliphatic carbocycles. The predicted molar refractivity (Wildman–Crippen MR) is 307 cm³/mol. The van der Waals surface area contributed by atoms with Crippen molar-refractivity contribution in [3.8, 4) is 0 Å². The Kier molecular flexibility index (Phi) is 32.6. The number of hydrogen-bond donors (Lipinski definition) is 0. The summed E-state index contributed by atoms with van der Waals surface area (Å²) in [6, 6.07) is 0. The van der Waals surface area contributed by atoms with Crippen molar-refractivity contribution in [3.63, 3.8) is 0 Å². The molecule has 0 saturated heterocycles. The first-order valence-corrected chi connectivity index (χ1v) is 30.6. The third kappa shape index (κ3) is 26.8. The van der Waals surface area contributed by atoms with E-state index in [1.165, 1.54) is 13.8 Å². The van der Waals surface area contributed by atoms with Gasteiger partial charge in [-0.1, -0.05) is 231 Å². The third-order valence-electron chi connectivity index (χ3n) is 21.6. The van der Waals surface area contributed by atoms with E-state index < -0.39 is 83.9 Å². The van der Waals surface area contributed by atoms with Crippen molar-refractivity contribution in [2.45, 2.75) is 313 Å². The molecule has 4 rings (SSSR count). The van der Waals surface area contributed by atoms with Gasteiger partial charge in [-0.2, -0.15) is 79.0 Å². The maximum Gasteiger partial charge on any atom is 0.403 e. The minimum atomic E-state index is -5.20. The average Bonchev–Trinajstić information content (AvgIpc) is 3.25. The van der Waals surface area contributed by atoms with Gasteiger partial charge in [-0.05, 0) is 119 Å². The maximum absolute atomic E-state index is 12.6. The molecule has 0 N–H and O–H groups in total. The fourth-order valence-corrected chi connectivity index (χ4v) is 11.0. The normalized spacial score (nSPS) is 26.0. The van der Waals surface area contributed by atoms with Crippen LogP contribution in [0.4, 0.5) is 79.0 Å². The molecule has 4 aliphatic rings. The summed E-state index contributed by atoms with van der Waals surface area (Å²) in [6.45, 7) is 53.2. The molecule has 0 radical (unpaired) electrons. The molecule has 83 heavy (non-hydrogen) atoms. The van der Waals surface area contributed by atoms with Crippen LogP contribution in [0.15, 0.2) is 0 Å². The van der Waals surface area contributed by atoms with Gasteiger partial charge in [0.15, 0.2) is 5.41 Å². The summed E-state index contributed by atoms with van der Waals surface area (Å²) in [5.74, 6) is -3.34. The second-order valence-electron chi connectivity index (χ2n) is 31.6. The van der Waals surface area contributed by atoms with Crippen LogP contribution in [0, 0.1) is 102 Å². The first kappa shape index (κ1) is 85.9. The van der Waals surface area contributed by atoms with Gasteiger partial charge >= 0.3 is 37.1 Å². The maximum atomic E-state index is 12.6. The summed E-state index contributed by atoms with van der Waals surface area (Å²) in [6.07, 6.45) is -20.3. The molecule has 0 heterocycles. The van der Waals surface area contributed by atoms with E-state index in [-0.39, 0.29) is 36.0 Å². The standard InChI is InChI=1S/C11H24.C10H19F3.C10H22.C9H12F6.C9H15F3.2C8H13F3/c1-9(2,3)11(7,8)10(4,5)6;1-7(8(2,3)4)9(5,6)10(11,12)13;1-8(2)10(6,7)9(3,4)5;1-6-4-2-3-5-7(6,8(10,11)12)9(13,14)15;1-6-4-3-5-8(7(6)2)9(10,11)12;1-6-2-4-7(5-3-6)8(9,10)11;1-6-3-2-4-7(5-6)8(9,10)11/h1-8H3;7H,1-6H3;8H,1-7H3;6H,2-5H2,1H3;6-8H,3-5H2,1-2H3;2*6-7H,2-5H2,1H3/t;7-;;6-;6?,7-,8?;;6-,7?/m.1.11.1/s1. The van der Waals surface area contributed by atoms with Crippen LogP contribution in [-0.4, -0.2) is 37.1 Å². The number of alkyl halides is 18. The predicted octanol–water partition coefficient (Wildman–Crippen LogP) is 26.8. The molecule has 0 aromatic heterocycles. The molecular weight excluding hydrogens is 1120 g/mol. The fraction of sp³-hybridized carbons (Fsp3) is 1.00. The van der Waals surface area contributed by atoms with Gasteiger partial charge in [0.1, 0.15) is 0 Å². The SMILES string of the molecule is CC(C)(C)C(C)(C)C(C)(C)C.CC(C)C(C)(C)C(C)(C)C.CC1CCC(C(F)(F)F)CC1.CC1CCCC(C(F)(F)F)[C@@H]1C.C[C@@H]1CCCC(C(F)(F)F)C1.C[C@@H]1CCCCC1(C(F)(F)F)C(F)(F)F.C[C@H](C(C)(C)C)C(C)(C)C(F)(F)F. The Morgan fingerprint density at radius 3 is 0.988 bits per heavy atom. The lowest BCUT2D eigenvalue weighted by Crippen LogP contribution is -2.55. The van der Waals surface area contributed by atoms with Crippen LogP contribution in [0.3, 0.4) is 0 Å².